The molecule has 0 bridgehead atoms. The lowest BCUT2D eigenvalue weighted by atomic mass is 10.2. The van der Waals surface area contributed by atoms with Crippen molar-refractivity contribution in [2.75, 3.05) is 11.5 Å². The first-order valence-corrected chi connectivity index (χ1v) is 8.22. The molecule has 0 spiro atoms. The lowest BCUT2D eigenvalue weighted by Gasteiger charge is -2.14. The summed E-state index contributed by atoms with van der Waals surface area (Å²) in [7, 11) is 0. The molecule has 4 nitrogen and oxygen atoms in total. The number of nitrogens with one attached hydrogen (secondary N) is 1. The maximum atomic E-state index is 12.6. The van der Waals surface area contributed by atoms with Crippen LogP contribution in [0.2, 0.25) is 5.02 Å². The van der Waals surface area contributed by atoms with Gasteiger partial charge in [-0.25, -0.2) is 0 Å². The normalized spacial score (nSPS) is 15.8. The number of rotatable bonds is 4. The molecule has 0 unspecified atom stereocenters. The number of anilines is 1. The van der Waals surface area contributed by atoms with E-state index in [1.165, 1.54) is 4.90 Å². The van der Waals surface area contributed by atoms with E-state index >= 15 is 0 Å². The van der Waals surface area contributed by atoms with Gasteiger partial charge in [0.25, 0.3) is 5.91 Å². The van der Waals surface area contributed by atoms with Crippen molar-refractivity contribution in [3.05, 3.63) is 64.8 Å². The Bertz CT molecular complexity index is 801. The SMILES string of the molecule is CCOc1ccc(N2C(=O)/C(=C\c3ccc(Cl)cc3)NC2=S)cc1. The number of carbonyl (C=O) groups is 1. The molecule has 1 aliphatic rings. The number of thiocarbonyl (C=S) groups is 1. The molecule has 0 atom stereocenters. The van der Waals surface area contributed by atoms with Crippen LogP contribution in [0.4, 0.5) is 5.69 Å². The molecule has 2 aromatic rings. The van der Waals surface area contributed by atoms with Crippen molar-refractivity contribution in [3.8, 4) is 5.75 Å². The Morgan fingerprint density at radius 3 is 2.46 bits per heavy atom. The molecule has 1 N–H and O–H groups in total. The molecular formula is C18H15ClN2O2S. The fraction of sp³-hybridized carbons (Fsp3) is 0.111. The number of benzene rings is 2. The second-order valence-electron chi connectivity index (χ2n) is 5.11. The van der Waals surface area contributed by atoms with Crippen LogP contribution in [0.15, 0.2) is 54.2 Å². The van der Waals surface area contributed by atoms with Crippen LogP contribution in [0, 0.1) is 0 Å². The van der Waals surface area contributed by atoms with Gasteiger partial charge in [-0.2, -0.15) is 0 Å². The van der Waals surface area contributed by atoms with E-state index in [9.17, 15) is 4.79 Å². The molecule has 0 radical (unpaired) electrons. The zero-order valence-electron chi connectivity index (χ0n) is 13.0. The third-order valence-corrected chi connectivity index (χ3v) is 4.00. The van der Waals surface area contributed by atoms with Crippen LogP contribution in [-0.4, -0.2) is 17.6 Å². The maximum Gasteiger partial charge on any atom is 0.281 e. The largest absolute Gasteiger partial charge is 0.494 e. The predicted molar refractivity (Wildman–Crippen MR) is 100 cm³/mol. The van der Waals surface area contributed by atoms with Gasteiger partial charge in [0.15, 0.2) is 5.11 Å². The van der Waals surface area contributed by atoms with Crippen molar-refractivity contribution in [2.24, 2.45) is 0 Å². The van der Waals surface area contributed by atoms with E-state index in [4.69, 9.17) is 28.6 Å². The van der Waals surface area contributed by atoms with Crippen LogP contribution in [0.25, 0.3) is 6.08 Å². The molecule has 1 fully saturated rings. The van der Waals surface area contributed by atoms with Crippen molar-refractivity contribution < 1.29 is 9.53 Å². The minimum Gasteiger partial charge on any atom is -0.494 e. The number of hydrogen-bond donors (Lipinski definition) is 1. The van der Waals surface area contributed by atoms with E-state index in [0.717, 1.165) is 11.3 Å². The topological polar surface area (TPSA) is 41.6 Å². The van der Waals surface area contributed by atoms with Gasteiger partial charge in [0, 0.05) is 5.02 Å². The average molecular weight is 359 g/mol. The first-order valence-electron chi connectivity index (χ1n) is 7.44. The summed E-state index contributed by atoms with van der Waals surface area (Å²) in [6.07, 6.45) is 1.75. The second-order valence-corrected chi connectivity index (χ2v) is 5.93. The third-order valence-electron chi connectivity index (χ3n) is 3.47. The zero-order chi connectivity index (χ0) is 17.1. The third kappa shape index (κ3) is 3.42. The van der Waals surface area contributed by atoms with Gasteiger partial charge in [0.1, 0.15) is 11.4 Å². The fourth-order valence-corrected chi connectivity index (χ4v) is 2.78. The van der Waals surface area contributed by atoms with Gasteiger partial charge in [-0.3, -0.25) is 9.69 Å². The van der Waals surface area contributed by atoms with Gasteiger partial charge in [-0.15, -0.1) is 0 Å². The highest BCUT2D eigenvalue weighted by Gasteiger charge is 2.31. The molecule has 1 heterocycles. The van der Waals surface area contributed by atoms with Crippen molar-refractivity contribution in [3.63, 3.8) is 0 Å². The molecule has 24 heavy (non-hydrogen) atoms. The van der Waals surface area contributed by atoms with Crippen molar-refractivity contribution in [1.82, 2.24) is 5.32 Å². The Kier molecular flexibility index (Phi) is 4.83. The van der Waals surface area contributed by atoms with Crippen LogP contribution in [0.5, 0.6) is 5.75 Å². The van der Waals surface area contributed by atoms with Gasteiger partial charge in [0.2, 0.25) is 0 Å². The summed E-state index contributed by atoms with van der Waals surface area (Å²) in [5, 5.41) is 3.96. The van der Waals surface area contributed by atoms with Crippen molar-refractivity contribution >= 4 is 46.6 Å². The monoisotopic (exact) mass is 358 g/mol. The van der Waals surface area contributed by atoms with Gasteiger partial charge in [-0.1, -0.05) is 23.7 Å². The predicted octanol–water partition coefficient (Wildman–Crippen LogP) is 4.00. The molecule has 6 heteroatoms. The first-order chi connectivity index (χ1) is 11.6. The number of amides is 1. The number of hydrogen-bond acceptors (Lipinski definition) is 3. The van der Waals surface area contributed by atoms with E-state index in [2.05, 4.69) is 5.32 Å². The Labute approximate surface area is 150 Å². The maximum absolute atomic E-state index is 12.6. The first kappa shape index (κ1) is 16.5. The Morgan fingerprint density at radius 2 is 1.83 bits per heavy atom. The molecule has 0 aliphatic carbocycles. The fourth-order valence-electron chi connectivity index (χ4n) is 2.35. The highest BCUT2D eigenvalue weighted by Crippen LogP contribution is 2.25. The van der Waals surface area contributed by atoms with E-state index in [0.29, 0.717) is 28.1 Å². The summed E-state index contributed by atoms with van der Waals surface area (Å²) < 4.78 is 5.41. The van der Waals surface area contributed by atoms with E-state index in [1.807, 2.05) is 43.3 Å². The standard InChI is InChI=1S/C18H15ClN2O2S/c1-2-23-15-9-7-14(8-10-15)21-17(22)16(20-18(21)24)11-12-3-5-13(19)6-4-12/h3-11H,2H2,1H3,(H,20,24)/b16-11+. The number of ether oxygens (including phenoxy) is 1. The van der Waals surface area contributed by atoms with Crippen LogP contribution in [-0.2, 0) is 4.79 Å². The molecule has 122 valence electrons. The van der Waals surface area contributed by atoms with Crippen LogP contribution < -0.4 is 15.0 Å². The lowest BCUT2D eigenvalue weighted by molar-refractivity contribution is -0.113. The van der Waals surface area contributed by atoms with E-state index in [-0.39, 0.29) is 5.91 Å². The highest BCUT2D eigenvalue weighted by atomic mass is 35.5. The molecule has 2 aromatic carbocycles. The smallest absolute Gasteiger partial charge is 0.281 e. The quantitative estimate of drug-likeness (QED) is 0.662. The van der Waals surface area contributed by atoms with Gasteiger partial charge in [-0.05, 0) is 67.2 Å². The van der Waals surface area contributed by atoms with Gasteiger partial charge >= 0.3 is 0 Å². The van der Waals surface area contributed by atoms with Crippen LogP contribution in [0.1, 0.15) is 12.5 Å². The van der Waals surface area contributed by atoms with Crippen LogP contribution in [0.3, 0.4) is 0 Å². The molecule has 3 rings (SSSR count). The summed E-state index contributed by atoms with van der Waals surface area (Å²) in [4.78, 5) is 14.1. The minimum absolute atomic E-state index is 0.195. The summed E-state index contributed by atoms with van der Waals surface area (Å²) in [5.74, 6) is 0.558. The highest BCUT2D eigenvalue weighted by molar-refractivity contribution is 7.80. The number of nitrogens with zero attached hydrogens (tertiary/aromatic N) is 1. The minimum atomic E-state index is -0.195. The number of halogens is 1. The second kappa shape index (κ2) is 7.03. The summed E-state index contributed by atoms with van der Waals surface area (Å²) in [6, 6.07) is 14.5. The van der Waals surface area contributed by atoms with Gasteiger partial charge < -0.3 is 10.1 Å². The summed E-state index contributed by atoms with van der Waals surface area (Å²) in [6.45, 7) is 2.51. The molecule has 0 saturated carbocycles. The van der Waals surface area contributed by atoms with Gasteiger partial charge in [0.05, 0.1) is 12.3 Å². The Hall–Kier alpha value is -2.37. The molecule has 0 aromatic heterocycles. The zero-order valence-corrected chi connectivity index (χ0v) is 14.5. The van der Waals surface area contributed by atoms with Crippen LogP contribution >= 0.6 is 23.8 Å². The van der Waals surface area contributed by atoms with Crippen molar-refractivity contribution in [2.45, 2.75) is 6.92 Å². The Balaban J connectivity index is 1.84. The number of carbonyl (C=O) groups excluding carboxylic acids is 1. The molecule has 1 aliphatic heterocycles. The molecule has 1 amide bonds. The summed E-state index contributed by atoms with van der Waals surface area (Å²) >= 11 is 11.2. The lowest BCUT2D eigenvalue weighted by Crippen LogP contribution is -2.30. The van der Waals surface area contributed by atoms with Crippen molar-refractivity contribution in [1.29, 1.82) is 0 Å². The molecule has 1 saturated heterocycles. The van der Waals surface area contributed by atoms with E-state index in [1.54, 1.807) is 18.2 Å². The van der Waals surface area contributed by atoms with E-state index < -0.39 is 0 Å². The Morgan fingerprint density at radius 1 is 1.17 bits per heavy atom. The average Bonchev–Trinajstić information content (AvgIpc) is 2.85. The molecular weight excluding hydrogens is 344 g/mol. The summed E-state index contributed by atoms with van der Waals surface area (Å²) in [5.41, 5.74) is 1.99.